The molecule has 4 aliphatic rings. The van der Waals surface area contributed by atoms with Gasteiger partial charge < -0.3 is 0 Å². The van der Waals surface area contributed by atoms with Crippen LogP contribution in [0.3, 0.4) is 0 Å². The van der Waals surface area contributed by atoms with Gasteiger partial charge in [0.25, 0.3) is 0 Å². The Labute approximate surface area is 249 Å². The van der Waals surface area contributed by atoms with Crippen LogP contribution in [0.1, 0.15) is 124 Å². The van der Waals surface area contributed by atoms with Crippen LogP contribution in [0.5, 0.6) is 0 Å². The van der Waals surface area contributed by atoms with E-state index in [1.807, 2.05) is 11.9 Å². The van der Waals surface area contributed by atoms with E-state index in [9.17, 15) is 0 Å². The maximum Gasteiger partial charge on any atom is 0.0690 e. The fraction of sp³-hybridized carbons (Fsp3) is 0.848. The molecule has 0 saturated carbocycles. The predicted molar refractivity (Wildman–Crippen MR) is 170 cm³/mol. The molecule has 6 nitrogen and oxygen atoms in total. The zero-order valence-electron chi connectivity index (χ0n) is 26.6. The molecule has 5 rings (SSSR count). The average molecular weight is 571 g/mol. The van der Waals surface area contributed by atoms with Gasteiger partial charge in [-0.2, -0.15) is 0 Å². The van der Waals surface area contributed by atoms with Gasteiger partial charge in [-0.3, -0.25) is 30.6 Å². The summed E-state index contributed by atoms with van der Waals surface area (Å²) in [5.74, 6) is 1.34. The molecule has 4 fully saturated rings. The van der Waals surface area contributed by atoms with E-state index in [0.717, 1.165) is 13.0 Å². The quantitative estimate of drug-likeness (QED) is 0.295. The van der Waals surface area contributed by atoms with Crippen LogP contribution in [-0.4, -0.2) is 52.3 Å². The minimum absolute atomic E-state index is 0.124. The number of rotatable bonds is 1. The van der Waals surface area contributed by atoms with Crippen molar-refractivity contribution >= 4 is 11.9 Å². The third-order valence-electron chi connectivity index (χ3n) is 10.2. The molecule has 0 amide bonds. The van der Waals surface area contributed by atoms with Gasteiger partial charge in [0.15, 0.2) is 0 Å². The summed E-state index contributed by atoms with van der Waals surface area (Å²) in [5.41, 5.74) is 3.12. The largest absolute Gasteiger partial charge is 0.298 e. The van der Waals surface area contributed by atoms with Gasteiger partial charge in [0.1, 0.15) is 0 Å². The van der Waals surface area contributed by atoms with Crippen LogP contribution in [0.25, 0.3) is 0 Å². The topological polar surface area (TPSA) is 64.2 Å². The molecular formula is C33H58N6S. The Morgan fingerprint density at radius 1 is 0.925 bits per heavy atom. The molecule has 0 spiro atoms. The van der Waals surface area contributed by atoms with Crippen molar-refractivity contribution in [2.24, 2.45) is 17.3 Å². The lowest BCUT2D eigenvalue weighted by Gasteiger charge is -2.50. The number of pyridine rings is 1. The van der Waals surface area contributed by atoms with Gasteiger partial charge in [-0.25, -0.2) is 0 Å². The Hall–Kier alpha value is -0.700. The van der Waals surface area contributed by atoms with Crippen LogP contribution in [0, 0.1) is 17.3 Å². The number of piperidine rings is 2. The first-order valence-electron chi connectivity index (χ1n) is 16.2. The summed E-state index contributed by atoms with van der Waals surface area (Å²) in [6, 6.07) is 5.43. The van der Waals surface area contributed by atoms with E-state index in [-0.39, 0.29) is 22.4 Å². The molecule has 8 atom stereocenters. The molecule has 0 aliphatic carbocycles. The molecule has 7 heteroatoms. The van der Waals surface area contributed by atoms with Crippen LogP contribution in [0.2, 0.25) is 0 Å². The summed E-state index contributed by atoms with van der Waals surface area (Å²) in [5, 5.41) is 12.6. The highest BCUT2D eigenvalue weighted by molar-refractivity contribution is 7.98. The number of hydrogen-bond donors (Lipinski definition) is 4. The second-order valence-electron chi connectivity index (χ2n) is 16.0. The average Bonchev–Trinajstić information content (AvgIpc) is 3.19. The summed E-state index contributed by atoms with van der Waals surface area (Å²) >= 11 is 1.93. The normalized spacial score (nSPS) is 37.7. The molecule has 4 saturated heterocycles. The summed E-state index contributed by atoms with van der Waals surface area (Å²) in [4.78, 5) is 7.90. The van der Waals surface area contributed by atoms with Gasteiger partial charge >= 0.3 is 0 Å². The van der Waals surface area contributed by atoms with Crippen LogP contribution >= 0.6 is 11.9 Å². The van der Waals surface area contributed by atoms with Gasteiger partial charge in [0, 0.05) is 36.8 Å². The first-order valence-corrected chi connectivity index (χ1v) is 17.1. The van der Waals surface area contributed by atoms with Crippen LogP contribution < -0.4 is 20.7 Å². The maximum atomic E-state index is 5.04. The Bertz CT molecular complexity index is 967. The van der Waals surface area contributed by atoms with Crippen molar-refractivity contribution in [2.75, 3.05) is 13.1 Å². The second kappa shape index (κ2) is 12.1. The molecule has 0 radical (unpaired) electrons. The smallest absolute Gasteiger partial charge is 0.0690 e. The van der Waals surface area contributed by atoms with Crippen molar-refractivity contribution in [3.8, 4) is 0 Å². The van der Waals surface area contributed by atoms with Crippen molar-refractivity contribution < 1.29 is 0 Å². The van der Waals surface area contributed by atoms with Crippen molar-refractivity contribution in [1.82, 2.24) is 30.6 Å². The SMILES string of the molecule is CC(C)(C)c1ccc(C2CC[C@@H]3CN(C4NC(C(C)(C)C)CCC4CNSC4CCCC(N4)N2)C(C)(C)C3)nc1. The third kappa shape index (κ3) is 7.26. The fourth-order valence-corrected chi connectivity index (χ4v) is 8.73. The summed E-state index contributed by atoms with van der Waals surface area (Å²) < 4.78 is 3.86. The maximum absolute atomic E-state index is 5.04. The number of nitrogens with one attached hydrogen (secondary N) is 4. The first-order chi connectivity index (χ1) is 18.8. The number of hydrogen-bond acceptors (Lipinski definition) is 7. The molecule has 1 aromatic rings. The van der Waals surface area contributed by atoms with Crippen molar-refractivity contribution in [2.45, 2.75) is 147 Å². The zero-order valence-corrected chi connectivity index (χ0v) is 27.5. The van der Waals surface area contributed by atoms with E-state index in [1.165, 1.54) is 62.7 Å². The van der Waals surface area contributed by atoms with Crippen molar-refractivity contribution in [3.05, 3.63) is 29.6 Å². The van der Waals surface area contributed by atoms with Crippen LogP contribution in [0.15, 0.2) is 18.3 Å². The summed E-state index contributed by atoms with van der Waals surface area (Å²) in [7, 11) is 0. The Balaban J connectivity index is 1.39. The third-order valence-corrected chi connectivity index (χ3v) is 11.2. The highest BCUT2D eigenvalue weighted by atomic mass is 32.2. The lowest BCUT2D eigenvalue weighted by molar-refractivity contribution is 0.00552. The molecule has 4 N–H and O–H groups in total. The number of fused-ring (bicyclic) bond motifs is 6. The lowest BCUT2D eigenvalue weighted by Crippen LogP contribution is -2.63. The fourth-order valence-electron chi connectivity index (χ4n) is 7.70. The molecule has 1 aromatic heterocycles. The molecule has 226 valence electrons. The molecule has 0 aromatic carbocycles. The standard InChI is InChI=1S/C33H58N6S/c1-31(2,3)24-14-16-25(34-20-24)26-15-12-22-18-33(7,8)39(21-22)30-23(13-17-27(37-30)32(4,5)6)19-35-40-29-11-9-10-28(36-26)38-29/h14,16,20,22-23,26-30,35-38H,9-13,15,17-19,21H2,1-8H3/t22-,23?,26?,27?,28?,29?,30?/m0/s1. The van der Waals surface area contributed by atoms with E-state index in [4.69, 9.17) is 4.98 Å². The molecular weight excluding hydrogens is 512 g/mol. The Morgan fingerprint density at radius 3 is 2.42 bits per heavy atom. The van der Waals surface area contributed by atoms with E-state index >= 15 is 0 Å². The monoisotopic (exact) mass is 570 g/mol. The van der Waals surface area contributed by atoms with Gasteiger partial charge in [-0.1, -0.05) is 59.6 Å². The van der Waals surface area contributed by atoms with E-state index in [2.05, 4.69) is 99.3 Å². The highest BCUT2D eigenvalue weighted by Gasteiger charge is 2.47. The van der Waals surface area contributed by atoms with Gasteiger partial charge in [-0.05, 0) is 93.6 Å². The van der Waals surface area contributed by atoms with Crippen LogP contribution in [-0.2, 0) is 5.41 Å². The van der Waals surface area contributed by atoms with E-state index in [0.29, 0.717) is 35.6 Å². The Kier molecular flexibility index (Phi) is 9.32. The molecule has 40 heavy (non-hydrogen) atoms. The zero-order chi connectivity index (χ0) is 28.7. The highest BCUT2D eigenvalue weighted by Crippen LogP contribution is 2.42. The molecule has 4 bridgehead atoms. The minimum atomic E-state index is 0.124. The van der Waals surface area contributed by atoms with Gasteiger partial charge in [0.05, 0.1) is 29.4 Å². The van der Waals surface area contributed by atoms with E-state index < -0.39 is 0 Å². The number of nitrogens with zero attached hydrogens (tertiary/aromatic N) is 2. The summed E-state index contributed by atoms with van der Waals surface area (Å²) in [6.07, 6.45) is 12.8. The predicted octanol–water partition coefficient (Wildman–Crippen LogP) is 6.31. The Morgan fingerprint density at radius 2 is 1.73 bits per heavy atom. The molecule has 5 heterocycles. The second-order valence-corrected chi connectivity index (χ2v) is 17.1. The number of aromatic nitrogens is 1. The van der Waals surface area contributed by atoms with Crippen molar-refractivity contribution in [1.29, 1.82) is 0 Å². The van der Waals surface area contributed by atoms with Crippen LogP contribution in [0.4, 0.5) is 0 Å². The van der Waals surface area contributed by atoms with Crippen molar-refractivity contribution in [3.63, 3.8) is 0 Å². The molecule has 4 aliphatic heterocycles. The minimum Gasteiger partial charge on any atom is -0.298 e. The lowest BCUT2D eigenvalue weighted by atomic mass is 9.78. The first kappa shape index (κ1) is 30.7. The van der Waals surface area contributed by atoms with Gasteiger partial charge in [-0.15, -0.1) is 0 Å². The molecule has 7 unspecified atom stereocenters. The van der Waals surface area contributed by atoms with E-state index in [1.54, 1.807) is 0 Å². The summed E-state index contributed by atoms with van der Waals surface area (Å²) in [6.45, 7) is 21.3. The van der Waals surface area contributed by atoms with Gasteiger partial charge in [0.2, 0.25) is 0 Å².